The zero-order valence-electron chi connectivity index (χ0n) is 27.0. The molecule has 1 aliphatic heterocycles. The lowest BCUT2D eigenvalue weighted by atomic mass is 9.97. The van der Waals surface area contributed by atoms with E-state index < -0.39 is 0 Å². The normalized spacial score (nSPS) is 14.3. The molecule has 0 aliphatic carbocycles. The molecule has 0 bridgehead atoms. The summed E-state index contributed by atoms with van der Waals surface area (Å²) in [7, 11) is 0. The maximum absolute atomic E-state index is 14.1. The van der Waals surface area contributed by atoms with Gasteiger partial charge in [-0.15, -0.1) is 0 Å². The van der Waals surface area contributed by atoms with E-state index in [0.717, 1.165) is 81.2 Å². The standard InChI is InChI=1S/C36H45N5O2/c1-9-20-21(10-2)29(18-31-24(13-5)27(16-8)36(43)41-31)38-28(20)17-30-22(11-3)25(14-6)33(39-30)35(42)34-26(15-7)23(12-4)32(19-37)40-34/h17-18,38-40H,9-16H2,1-8H3/b28-17+,29-18-. The summed E-state index contributed by atoms with van der Waals surface area (Å²) < 4.78 is 0. The van der Waals surface area contributed by atoms with Crippen LogP contribution >= 0.6 is 0 Å². The number of allylic oxidation sites excluding steroid dienone is 1. The minimum absolute atomic E-state index is 0.0979. The Morgan fingerprint density at radius 2 is 1.16 bits per heavy atom. The van der Waals surface area contributed by atoms with Gasteiger partial charge in [-0.3, -0.25) is 9.59 Å². The van der Waals surface area contributed by atoms with E-state index in [9.17, 15) is 14.9 Å². The first-order valence-corrected chi connectivity index (χ1v) is 16.0. The number of rotatable bonds is 12. The first-order valence-electron chi connectivity index (χ1n) is 16.0. The molecule has 1 amide bonds. The predicted octanol–water partition coefficient (Wildman–Crippen LogP) is 5.86. The van der Waals surface area contributed by atoms with Crippen LogP contribution in [0, 0.1) is 11.3 Å². The molecule has 0 unspecified atom stereocenters. The molecule has 0 atom stereocenters. The highest BCUT2D eigenvalue weighted by molar-refractivity contribution is 6.31. The number of nitrogens with one attached hydrogen (secondary N) is 3. The van der Waals surface area contributed by atoms with Crippen LogP contribution in [0.3, 0.4) is 0 Å². The molecule has 3 aromatic heterocycles. The smallest absolute Gasteiger partial charge is 0.273 e. The van der Waals surface area contributed by atoms with Crippen molar-refractivity contribution in [3.05, 3.63) is 78.0 Å². The fraction of sp³-hybridized carbons (Fsp3) is 0.444. The SMILES string of the molecule is CCC1=C(CC)C(/C=c2\[nH]/c(=C/c3[nH]c(C(=O)c4[nH]c(C#N)c(CC)c4CC)c(CC)c3CC)c(CC)c2CC)=NC1=O. The van der Waals surface area contributed by atoms with Crippen molar-refractivity contribution in [2.75, 3.05) is 0 Å². The molecular weight excluding hydrogens is 534 g/mol. The summed E-state index contributed by atoms with van der Waals surface area (Å²) in [4.78, 5) is 41.3. The van der Waals surface area contributed by atoms with Gasteiger partial charge < -0.3 is 15.0 Å². The maximum Gasteiger partial charge on any atom is 0.273 e. The van der Waals surface area contributed by atoms with E-state index >= 15 is 0 Å². The molecule has 4 heterocycles. The highest BCUT2D eigenvalue weighted by atomic mass is 16.1. The molecule has 0 saturated heterocycles. The largest absolute Gasteiger partial charge is 0.355 e. The van der Waals surface area contributed by atoms with Crippen molar-refractivity contribution >= 4 is 29.6 Å². The number of aromatic nitrogens is 3. The van der Waals surface area contributed by atoms with Crippen LogP contribution in [0.15, 0.2) is 16.1 Å². The fourth-order valence-corrected chi connectivity index (χ4v) is 6.85. The number of aromatic amines is 3. The van der Waals surface area contributed by atoms with Crippen LogP contribution in [-0.2, 0) is 43.3 Å². The number of nitrogens with zero attached hydrogens (tertiary/aromatic N) is 2. The lowest BCUT2D eigenvalue weighted by Gasteiger charge is -2.05. The van der Waals surface area contributed by atoms with Crippen molar-refractivity contribution in [3.63, 3.8) is 0 Å². The third-order valence-corrected chi connectivity index (χ3v) is 8.87. The number of carbonyl (C=O) groups is 2. The number of carbonyl (C=O) groups excluding carboxylic acids is 2. The molecule has 0 saturated carbocycles. The molecule has 0 aromatic carbocycles. The molecule has 226 valence electrons. The van der Waals surface area contributed by atoms with Crippen molar-refractivity contribution in [1.29, 1.82) is 5.26 Å². The van der Waals surface area contributed by atoms with E-state index in [1.54, 1.807) is 0 Å². The Bertz CT molecular complexity index is 1800. The summed E-state index contributed by atoms with van der Waals surface area (Å²) in [5.41, 5.74) is 11.5. The second kappa shape index (κ2) is 13.4. The highest BCUT2D eigenvalue weighted by Gasteiger charge is 2.27. The number of amides is 1. The van der Waals surface area contributed by atoms with Crippen molar-refractivity contribution in [3.8, 4) is 6.07 Å². The minimum atomic E-state index is -0.123. The van der Waals surface area contributed by atoms with Crippen LogP contribution in [0.1, 0.15) is 129 Å². The van der Waals surface area contributed by atoms with Crippen LogP contribution in [0.4, 0.5) is 0 Å². The van der Waals surface area contributed by atoms with Gasteiger partial charge in [0.1, 0.15) is 11.8 Å². The number of hydrogen-bond acceptors (Lipinski definition) is 3. The Morgan fingerprint density at radius 3 is 1.67 bits per heavy atom. The molecule has 43 heavy (non-hydrogen) atoms. The number of aliphatic imine (C=N–C) groups is 1. The summed E-state index contributed by atoms with van der Waals surface area (Å²) >= 11 is 0. The average molecular weight is 580 g/mol. The zero-order valence-corrected chi connectivity index (χ0v) is 27.0. The van der Waals surface area contributed by atoms with Crippen molar-refractivity contribution in [2.45, 2.75) is 107 Å². The number of ketones is 1. The van der Waals surface area contributed by atoms with Gasteiger partial charge in [0, 0.05) is 22.0 Å². The molecule has 1 aliphatic rings. The highest BCUT2D eigenvalue weighted by Crippen LogP contribution is 2.28. The number of nitriles is 1. The van der Waals surface area contributed by atoms with Gasteiger partial charge in [0.15, 0.2) is 0 Å². The lowest BCUT2D eigenvalue weighted by Crippen LogP contribution is -2.15. The Hall–Kier alpha value is -4.18. The Labute approximate surface area is 254 Å². The van der Waals surface area contributed by atoms with Crippen LogP contribution in [0.2, 0.25) is 0 Å². The molecule has 7 heteroatoms. The summed E-state index contributed by atoms with van der Waals surface area (Å²) in [6.45, 7) is 16.6. The topological polar surface area (TPSA) is 118 Å². The van der Waals surface area contributed by atoms with Crippen LogP contribution in [-0.4, -0.2) is 32.4 Å². The van der Waals surface area contributed by atoms with Gasteiger partial charge >= 0.3 is 0 Å². The van der Waals surface area contributed by atoms with E-state index in [-0.39, 0.29) is 11.7 Å². The molecule has 4 rings (SSSR count). The zero-order chi connectivity index (χ0) is 31.4. The first kappa shape index (κ1) is 31.7. The van der Waals surface area contributed by atoms with E-state index in [1.165, 1.54) is 11.1 Å². The predicted molar refractivity (Wildman–Crippen MR) is 174 cm³/mol. The summed E-state index contributed by atoms with van der Waals surface area (Å²) in [6.07, 6.45) is 10.2. The third-order valence-electron chi connectivity index (χ3n) is 8.87. The monoisotopic (exact) mass is 579 g/mol. The van der Waals surface area contributed by atoms with E-state index in [2.05, 4.69) is 66.7 Å². The number of H-pyrrole nitrogens is 3. The maximum atomic E-state index is 14.1. The minimum Gasteiger partial charge on any atom is -0.355 e. The summed E-state index contributed by atoms with van der Waals surface area (Å²) in [5.74, 6) is -0.221. The van der Waals surface area contributed by atoms with Crippen LogP contribution < -0.4 is 10.7 Å². The van der Waals surface area contributed by atoms with Crippen LogP contribution in [0.25, 0.3) is 12.2 Å². The summed E-state index contributed by atoms with van der Waals surface area (Å²) in [6, 6.07) is 2.24. The number of hydrogen-bond donors (Lipinski definition) is 3. The summed E-state index contributed by atoms with van der Waals surface area (Å²) in [5, 5.41) is 11.7. The molecule has 3 aromatic rings. The quantitative estimate of drug-likeness (QED) is 0.233. The van der Waals surface area contributed by atoms with Crippen molar-refractivity contribution in [1.82, 2.24) is 15.0 Å². The molecule has 3 N–H and O–H groups in total. The van der Waals surface area contributed by atoms with Crippen molar-refractivity contribution in [2.24, 2.45) is 4.99 Å². The molecule has 7 nitrogen and oxygen atoms in total. The van der Waals surface area contributed by atoms with Gasteiger partial charge in [0.25, 0.3) is 5.91 Å². The van der Waals surface area contributed by atoms with Gasteiger partial charge in [-0.2, -0.15) is 5.26 Å². The Balaban J connectivity index is 1.92. The average Bonchev–Trinajstić information content (AvgIpc) is 3.75. The van der Waals surface area contributed by atoms with Crippen molar-refractivity contribution < 1.29 is 9.59 Å². The van der Waals surface area contributed by atoms with E-state index in [1.807, 2.05) is 26.8 Å². The van der Waals surface area contributed by atoms with Gasteiger partial charge in [-0.1, -0.05) is 55.4 Å². The van der Waals surface area contributed by atoms with E-state index in [0.29, 0.717) is 42.8 Å². The first-order chi connectivity index (χ1) is 20.8. The molecule has 0 radical (unpaired) electrons. The Kier molecular flexibility index (Phi) is 9.91. The second-order valence-corrected chi connectivity index (χ2v) is 10.9. The molecule has 0 fully saturated rings. The van der Waals surface area contributed by atoms with Gasteiger partial charge in [-0.25, -0.2) is 4.99 Å². The van der Waals surface area contributed by atoms with E-state index in [4.69, 9.17) is 0 Å². The fourth-order valence-electron chi connectivity index (χ4n) is 6.85. The van der Waals surface area contributed by atoms with Crippen LogP contribution in [0.5, 0.6) is 0 Å². The van der Waals surface area contributed by atoms with Gasteiger partial charge in [0.2, 0.25) is 5.78 Å². The van der Waals surface area contributed by atoms with Gasteiger partial charge in [-0.05, 0) is 102 Å². The third kappa shape index (κ3) is 5.51. The lowest BCUT2D eigenvalue weighted by molar-refractivity contribution is -0.114. The van der Waals surface area contributed by atoms with Gasteiger partial charge in [0.05, 0.1) is 17.1 Å². The second-order valence-electron chi connectivity index (χ2n) is 10.9. The Morgan fingerprint density at radius 1 is 0.651 bits per heavy atom. The molecular formula is C36H45N5O2. The molecule has 0 spiro atoms.